The molecule has 0 aliphatic heterocycles. The van der Waals surface area contributed by atoms with E-state index in [-0.39, 0.29) is 10.5 Å². The average Bonchev–Trinajstić information content (AvgIpc) is 3.15. The van der Waals surface area contributed by atoms with E-state index < -0.39 is 15.9 Å². The number of aromatic nitrogens is 2. The highest BCUT2D eigenvalue weighted by molar-refractivity contribution is 7.89. The molecule has 0 radical (unpaired) electrons. The first-order valence-electron chi connectivity index (χ1n) is 7.31. The third-order valence-corrected chi connectivity index (χ3v) is 5.55. The molecule has 0 aliphatic rings. The Hall–Kier alpha value is -2.49. The Labute approximate surface area is 148 Å². The van der Waals surface area contributed by atoms with E-state index in [4.69, 9.17) is 5.14 Å². The highest BCUT2D eigenvalue weighted by Crippen LogP contribution is 2.27. The van der Waals surface area contributed by atoms with Crippen LogP contribution in [0.15, 0.2) is 41.3 Å². The van der Waals surface area contributed by atoms with Gasteiger partial charge in [0.25, 0.3) is 5.91 Å². The van der Waals surface area contributed by atoms with Crippen molar-refractivity contribution in [3.63, 3.8) is 0 Å². The van der Waals surface area contributed by atoms with E-state index in [1.54, 1.807) is 30.4 Å². The van der Waals surface area contributed by atoms with Crippen LogP contribution in [0.3, 0.4) is 0 Å². The summed E-state index contributed by atoms with van der Waals surface area (Å²) in [5.41, 5.74) is 1.65. The smallest absolute Gasteiger partial charge is 0.257 e. The second kappa shape index (κ2) is 6.43. The monoisotopic (exact) mass is 376 g/mol. The van der Waals surface area contributed by atoms with Crippen LogP contribution in [0.1, 0.15) is 20.8 Å². The van der Waals surface area contributed by atoms with Gasteiger partial charge in [-0.3, -0.25) is 9.89 Å². The lowest BCUT2D eigenvalue weighted by Gasteiger charge is -2.07. The highest BCUT2D eigenvalue weighted by Gasteiger charge is 2.16. The average molecular weight is 376 g/mol. The molecule has 4 N–H and O–H groups in total. The molecule has 9 heteroatoms. The van der Waals surface area contributed by atoms with Crippen molar-refractivity contribution in [1.29, 1.82) is 0 Å². The molecule has 2 aromatic heterocycles. The fraction of sp³-hybridized carbons (Fsp3) is 0.125. The van der Waals surface area contributed by atoms with E-state index >= 15 is 0 Å². The number of sulfonamides is 1. The van der Waals surface area contributed by atoms with E-state index in [0.717, 1.165) is 10.6 Å². The predicted molar refractivity (Wildman–Crippen MR) is 97.1 cm³/mol. The number of primary sulfonamides is 1. The number of hydrogen-bond donors (Lipinski definition) is 3. The first-order chi connectivity index (χ1) is 11.7. The van der Waals surface area contributed by atoms with Gasteiger partial charge in [0.2, 0.25) is 10.0 Å². The van der Waals surface area contributed by atoms with E-state index in [2.05, 4.69) is 15.5 Å². The molecule has 0 unspecified atom stereocenters. The lowest BCUT2D eigenvalue weighted by molar-refractivity contribution is 0.102. The van der Waals surface area contributed by atoms with Crippen molar-refractivity contribution in [1.82, 2.24) is 10.2 Å². The Morgan fingerprint density at radius 1 is 1.20 bits per heavy atom. The second-order valence-electron chi connectivity index (χ2n) is 5.55. The maximum atomic E-state index is 12.5. The molecule has 2 heterocycles. The molecule has 0 saturated carbocycles. The maximum Gasteiger partial charge on any atom is 0.257 e. The van der Waals surface area contributed by atoms with Crippen LogP contribution in [0.4, 0.5) is 5.82 Å². The Morgan fingerprint density at radius 3 is 2.60 bits per heavy atom. The van der Waals surface area contributed by atoms with Crippen molar-refractivity contribution >= 4 is 33.1 Å². The molecule has 0 fully saturated rings. The van der Waals surface area contributed by atoms with Crippen LogP contribution >= 0.6 is 11.3 Å². The summed E-state index contributed by atoms with van der Waals surface area (Å²) in [6.07, 6.45) is 0. The Bertz CT molecular complexity index is 1050. The molecule has 3 rings (SSSR count). The van der Waals surface area contributed by atoms with Gasteiger partial charge >= 0.3 is 0 Å². The molecule has 0 bridgehead atoms. The summed E-state index contributed by atoms with van der Waals surface area (Å²) in [6.45, 7) is 3.72. The number of benzene rings is 1. The van der Waals surface area contributed by atoms with E-state index in [1.165, 1.54) is 17.0 Å². The molecule has 25 heavy (non-hydrogen) atoms. The number of aryl methyl sites for hydroxylation is 2. The van der Waals surface area contributed by atoms with Gasteiger partial charge in [-0.05, 0) is 43.7 Å². The third-order valence-electron chi connectivity index (χ3n) is 3.61. The third kappa shape index (κ3) is 3.78. The van der Waals surface area contributed by atoms with Crippen LogP contribution in [0.2, 0.25) is 0 Å². The topological polar surface area (TPSA) is 118 Å². The minimum atomic E-state index is -3.88. The zero-order valence-electron chi connectivity index (χ0n) is 13.5. The molecule has 3 aromatic rings. The number of H-pyrrole nitrogens is 1. The summed E-state index contributed by atoms with van der Waals surface area (Å²) in [5, 5.41) is 14.7. The number of thiophene rings is 1. The van der Waals surface area contributed by atoms with Crippen molar-refractivity contribution in [2.45, 2.75) is 18.7 Å². The number of nitrogens with two attached hydrogens (primary N) is 1. The van der Waals surface area contributed by atoms with E-state index in [0.29, 0.717) is 11.4 Å². The summed E-state index contributed by atoms with van der Waals surface area (Å²) >= 11 is 1.61. The number of carbonyl (C=O) groups excluding carboxylic acids is 1. The first-order valence-corrected chi connectivity index (χ1v) is 9.67. The standard InChI is InChI=1S/C16H16N4O3S2/c1-9-3-5-11(25(17,22)23)7-12(9)16(21)18-15-8-13(19-20-15)14-6-4-10(2)24-14/h3-8H,1-2H3,(H2,17,22,23)(H2,18,19,20,21). The fourth-order valence-electron chi connectivity index (χ4n) is 2.30. The van der Waals surface area contributed by atoms with Gasteiger partial charge in [-0.1, -0.05) is 6.07 Å². The molecular formula is C16H16N4O3S2. The molecule has 130 valence electrons. The SMILES string of the molecule is Cc1ccc(-c2cc(NC(=O)c3cc(S(N)(=O)=O)ccc3C)n[nH]2)s1. The van der Waals surface area contributed by atoms with Gasteiger partial charge in [-0.15, -0.1) is 11.3 Å². The minimum Gasteiger partial charge on any atom is -0.305 e. The summed E-state index contributed by atoms with van der Waals surface area (Å²) in [7, 11) is -3.88. The van der Waals surface area contributed by atoms with Gasteiger partial charge in [0.05, 0.1) is 15.5 Å². The Kier molecular flexibility index (Phi) is 4.46. The summed E-state index contributed by atoms with van der Waals surface area (Å²) in [6, 6.07) is 9.87. The van der Waals surface area contributed by atoms with Crippen LogP contribution < -0.4 is 10.5 Å². The fourth-order valence-corrected chi connectivity index (χ4v) is 3.67. The predicted octanol–water partition coefficient (Wildman–Crippen LogP) is 2.65. The molecule has 0 aliphatic carbocycles. The second-order valence-corrected chi connectivity index (χ2v) is 8.40. The van der Waals surface area contributed by atoms with Crippen molar-refractivity contribution < 1.29 is 13.2 Å². The number of hydrogen-bond acceptors (Lipinski definition) is 5. The van der Waals surface area contributed by atoms with E-state index in [1.807, 2.05) is 19.1 Å². The molecule has 0 atom stereocenters. The zero-order chi connectivity index (χ0) is 18.2. The van der Waals surface area contributed by atoms with Crippen molar-refractivity contribution in [2.75, 3.05) is 5.32 Å². The van der Waals surface area contributed by atoms with Crippen LogP contribution in [-0.2, 0) is 10.0 Å². The molecule has 0 saturated heterocycles. The van der Waals surface area contributed by atoms with Crippen LogP contribution in [0.5, 0.6) is 0 Å². The van der Waals surface area contributed by atoms with Gasteiger partial charge in [-0.2, -0.15) is 5.10 Å². The van der Waals surface area contributed by atoms with Crippen LogP contribution in [0, 0.1) is 13.8 Å². The van der Waals surface area contributed by atoms with Crippen molar-refractivity contribution in [3.8, 4) is 10.6 Å². The lowest BCUT2D eigenvalue weighted by atomic mass is 10.1. The van der Waals surface area contributed by atoms with Gasteiger partial charge < -0.3 is 5.32 Å². The summed E-state index contributed by atoms with van der Waals surface area (Å²) in [4.78, 5) is 14.5. The van der Waals surface area contributed by atoms with Crippen molar-refractivity contribution in [2.24, 2.45) is 5.14 Å². The van der Waals surface area contributed by atoms with Gasteiger partial charge in [0.1, 0.15) is 0 Å². The van der Waals surface area contributed by atoms with Crippen LogP contribution in [-0.4, -0.2) is 24.5 Å². The summed E-state index contributed by atoms with van der Waals surface area (Å²) < 4.78 is 22.9. The zero-order valence-corrected chi connectivity index (χ0v) is 15.2. The largest absolute Gasteiger partial charge is 0.305 e. The summed E-state index contributed by atoms with van der Waals surface area (Å²) in [5.74, 6) is -0.102. The van der Waals surface area contributed by atoms with Gasteiger partial charge in [-0.25, -0.2) is 13.6 Å². The normalized spacial score (nSPS) is 11.5. The quantitative estimate of drug-likeness (QED) is 0.648. The molecule has 1 aromatic carbocycles. The van der Waals surface area contributed by atoms with Gasteiger partial charge in [0, 0.05) is 16.5 Å². The maximum absolute atomic E-state index is 12.5. The molecule has 7 nitrogen and oxygen atoms in total. The Morgan fingerprint density at radius 2 is 1.96 bits per heavy atom. The van der Waals surface area contributed by atoms with Crippen molar-refractivity contribution in [3.05, 3.63) is 52.4 Å². The molecular weight excluding hydrogens is 360 g/mol. The highest BCUT2D eigenvalue weighted by atomic mass is 32.2. The number of amides is 1. The minimum absolute atomic E-state index is 0.111. The number of anilines is 1. The number of aromatic amines is 1. The Balaban J connectivity index is 1.85. The number of rotatable bonds is 4. The van der Waals surface area contributed by atoms with E-state index in [9.17, 15) is 13.2 Å². The molecule has 0 spiro atoms. The molecule has 1 amide bonds. The number of nitrogens with zero attached hydrogens (tertiary/aromatic N) is 1. The van der Waals surface area contributed by atoms with Crippen LogP contribution in [0.25, 0.3) is 10.6 Å². The number of carbonyl (C=O) groups is 1. The lowest BCUT2D eigenvalue weighted by Crippen LogP contribution is -2.17. The number of nitrogens with one attached hydrogen (secondary N) is 2. The van der Waals surface area contributed by atoms with Gasteiger partial charge in [0.15, 0.2) is 5.82 Å². The first kappa shape index (κ1) is 17.3.